The zero-order valence-electron chi connectivity index (χ0n) is 17.6. The molecule has 1 N–H and O–H groups in total. The Morgan fingerprint density at radius 3 is 2.35 bits per heavy atom. The molecule has 2 aromatic rings. The van der Waals surface area contributed by atoms with Crippen LogP contribution in [0.1, 0.15) is 55.4 Å². The molecule has 1 aliphatic carbocycles. The van der Waals surface area contributed by atoms with E-state index in [1.807, 2.05) is 12.1 Å². The van der Waals surface area contributed by atoms with Crippen LogP contribution in [0.3, 0.4) is 0 Å². The number of hydrogen-bond donors (Lipinski definition) is 1. The summed E-state index contributed by atoms with van der Waals surface area (Å²) in [4.78, 5) is 13.4. The first kappa shape index (κ1) is 22.4. The van der Waals surface area contributed by atoms with Crippen molar-refractivity contribution in [2.75, 3.05) is 19.6 Å². The zero-order valence-corrected chi connectivity index (χ0v) is 19.2. The molecule has 8 heteroatoms. The maximum atomic E-state index is 13.3. The second kappa shape index (κ2) is 9.38. The Labute approximate surface area is 187 Å². The summed E-state index contributed by atoms with van der Waals surface area (Å²) in [6.07, 6.45) is 7.16. The highest BCUT2D eigenvalue weighted by Crippen LogP contribution is 2.40. The molecule has 5 nitrogen and oxygen atoms in total. The Kier molecular flexibility index (Phi) is 6.79. The number of rotatable bonds is 7. The van der Waals surface area contributed by atoms with Crippen molar-refractivity contribution >= 4 is 27.3 Å². The van der Waals surface area contributed by atoms with Gasteiger partial charge in [-0.2, -0.15) is 4.31 Å². The minimum Gasteiger partial charge on any atom is -0.355 e. The standard InChI is InChI=1S/C23H29FN2O3S2/c24-19-8-6-18(7-9-19)23(12-2-3-13-23)17-25-21(27)16-20-10-11-22(30-20)31(28,29)26-14-4-1-5-15-26/h6-11H,1-5,12-17H2,(H,25,27). The summed E-state index contributed by atoms with van der Waals surface area (Å²) in [7, 11) is -3.46. The summed E-state index contributed by atoms with van der Waals surface area (Å²) in [6, 6.07) is 9.97. The van der Waals surface area contributed by atoms with E-state index < -0.39 is 10.0 Å². The Morgan fingerprint density at radius 1 is 1.00 bits per heavy atom. The molecule has 1 amide bonds. The zero-order chi connectivity index (χ0) is 21.9. The van der Waals surface area contributed by atoms with Crippen LogP contribution < -0.4 is 5.32 Å². The molecule has 2 heterocycles. The van der Waals surface area contributed by atoms with Crippen molar-refractivity contribution in [2.24, 2.45) is 0 Å². The summed E-state index contributed by atoms with van der Waals surface area (Å²) in [6.45, 7) is 1.66. The molecule has 1 aromatic carbocycles. The van der Waals surface area contributed by atoms with Gasteiger partial charge in [0, 0.05) is 29.9 Å². The molecule has 1 saturated carbocycles. The number of carbonyl (C=O) groups excluding carboxylic acids is 1. The normalized spacial score (nSPS) is 19.4. The largest absolute Gasteiger partial charge is 0.355 e. The van der Waals surface area contributed by atoms with Crippen molar-refractivity contribution in [1.29, 1.82) is 0 Å². The highest BCUT2D eigenvalue weighted by Gasteiger charge is 2.36. The summed E-state index contributed by atoms with van der Waals surface area (Å²) in [5.41, 5.74) is 0.916. The number of piperidine rings is 1. The van der Waals surface area contributed by atoms with Crippen molar-refractivity contribution in [2.45, 2.75) is 61.0 Å². The van der Waals surface area contributed by atoms with Crippen molar-refractivity contribution in [1.82, 2.24) is 9.62 Å². The fourth-order valence-electron chi connectivity index (χ4n) is 4.74. The van der Waals surface area contributed by atoms with Crippen LogP contribution in [0.4, 0.5) is 4.39 Å². The van der Waals surface area contributed by atoms with Crippen LogP contribution in [0.25, 0.3) is 0 Å². The topological polar surface area (TPSA) is 66.5 Å². The van der Waals surface area contributed by atoms with Crippen LogP contribution >= 0.6 is 11.3 Å². The predicted octanol–water partition coefficient (Wildman–Crippen LogP) is 4.23. The second-order valence-corrected chi connectivity index (χ2v) is 12.0. The molecular weight excluding hydrogens is 435 g/mol. The molecule has 0 radical (unpaired) electrons. The number of carbonyl (C=O) groups is 1. The van der Waals surface area contributed by atoms with Gasteiger partial charge in [0.05, 0.1) is 6.42 Å². The molecule has 4 rings (SSSR count). The first-order valence-corrected chi connectivity index (χ1v) is 13.3. The quantitative estimate of drug-likeness (QED) is 0.667. The lowest BCUT2D eigenvalue weighted by atomic mass is 9.79. The third-order valence-electron chi connectivity index (χ3n) is 6.52. The number of nitrogens with one attached hydrogen (secondary N) is 1. The van der Waals surface area contributed by atoms with E-state index in [1.54, 1.807) is 16.4 Å². The molecule has 168 valence electrons. The molecule has 2 aliphatic rings. The molecule has 1 saturated heterocycles. The van der Waals surface area contributed by atoms with Gasteiger partial charge < -0.3 is 5.32 Å². The van der Waals surface area contributed by atoms with Crippen LogP contribution in [-0.4, -0.2) is 38.3 Å². The average Bonchev–Trinajstić information content (AvgIpc) is 3.44. The lowest BCUT2D eigenvalue weighted by Crippen LogP contribution is -2.39. The summed E-state index contributed by atoms with van der Waals surface area (Å²) in [5.74, 6) is -0.369. The first-order valence-electron chi connectivity index (χ1n) is 11.0. The first-order chi connectivity index (χ1) is 14.9. The van der Waals surface area contributed by atoms with Crippen LogP contribution in [0, 0.1) is 5.82 Å². The fraction of sp³-hybridized carbons (Fsp3) is 0.522. The Morgan fingerprint density at radius 2 is 1.68 bits per heavy atom. The average molecular weight is 465 g/mol. The molecule has 2 fully saturated rings. The van der Waals surface area contributed by atoms with Gasteiger partial charge in [-0.3, -0.25) is 4.79 Å². The van der Waals surface area contributed by atoms with E-state index in [0.717, 1.165) is 55.4 Å². The van der Waals surface area contributed by atoms with Crippen LogP contribution in [-0.2, 0) is 26.7 Å². The fourth-order valence-corrected chi connectivity index (χ4v) is 7.76. The third kappa shape index (κ3) is 5.02. The molecule has 31 heavy (non-hydrogen) atoms. The van der Waals surface area contributed by atoms with Gasteiger partial charge in [0.2, 0.25) is 5.91 Å². The molecule has 0 atom stereocenters. The van der Waals surface area contributed by atoms with Crippen molar-refractivity contribution in [3.05, 3.63) is 52.7 Å². The van der Waals surface area contributed by atoms with E-state index in [0.29, 0.717) is 23.8 Å². The van der Waals surface area contributed by atoms with Gasteiger partial charge in [-0.1, -0.05) is 31.4 Å². The van der Waals surface area contributed by atoms with E-state index in [-0.39, 0.29) is 23.6 Å². The molecule has 1 aromatic heterocycles. The van der Waals surface area contributed by atoms with E-state index in [9.17, 15) is 17.6 Å². The van der Waals surface area contributed by atoms with Gasteiger partial charge in [-0.15, -0.1) is 11.3 Å². The second-order valence-electron chi connectivity index (χ2n) is 8.63. The van der Waals surface area contributed by atoms with E-state index in [4.69, 9.17) is 0 Å². The monoisotopic (exact) mass is 464 g/mol. The minimum absolute atomic E-state index is 0.114. The van der Waals surface area contributed by atoms with Crippen molar-refractivity contribution in [3.63, 3.8) is 0 Å². The number of amides is 1. The van der Waals surface area contributed by atoms with Crippen LogP contribution in [0.2, 0.25) is 0 Å². The Balaban J connectivity index is 1.38. The number of halogens is 1. The molecule has 1 aliphatic heterocycles. The SMILES string of the molecule is O=C(Cc1ccc(S(=O)(=O)N2CCCCC2)s1)NCC1(c2ccc(F)cc2)CCCC1. The molecule has 0 spiro atoms. The smallest absolute Gasteiger partial charge is 0.252 e. The summed E-state index contributed by atoms with van der Waals surface area (Å²) < 4.78 is 40.9. The Bertz CT molecular complexity index is 1010. The summed E-state index contributed by atoms with van der Waals surface area (Å²) >= 11 is 1.18. The highest BCUT2D eigenvalue weighted by molar-refractivity contribution is 7.91. The number of hydrogen-bond acceptors (Lipinski definition) is 4. The van der Waals surface area contributed by atoms with E-state index in [2.05, 4.69) is 5.32 Å². The van der Waals surface area contributed by atoms with Crippen molar-refractivity contribution < 1.29 is 17.6 Å². The highest BCUT2D eigenvalue weighted by atomic mass is 32.2. The number of thiophene rings is 1. The molecule has 0 bridgehead atoms. The van der Waals surface area contributed by atoms with E-state index >= 15 is 0 Å². The number of benzene rings is 1. The van der Waals surface area contributed by atoms with Gasteiger partial charge in [-0.05, 0) is 55.5 Å². The number of sulfonamides is 1. The number of nitrogens with zero attached hydrogens (tertiary/aromatic N) is 1. The summed E-state index contributed by atoms with van der Waals surface area (Å²) in [5, 5.41) is 3.05. The van der Waals surface area contributed by atoms with Gasteiger partial charge >= 0.3 is 0 Å². The van der Waals surface area contributed by atoms with Crippen LogP contribution in [0.5, 0.6) is 0 Å². The van der Waals surface area contributed by atoms with Gasteiger partial charge in [0.15, 0.2) is 0 Å². The Hall–Kier alpha value is -1.77. The molecular formula is C23H29FN2O3S2. The van der Waals surface area contributed by atoms with Gasteiger partial charge in [0.1, 0.15) is 10.0 Å². The lowest BCUT2D eigenvalue weighted by molar-refractivity contribution is -0.120. The van der Waals surface area contributed by atoms with Gasteiger partial charge in [0.25, 0.3) is 10.0 Å². The third-order valence-corrected chi connectivity index (χ3v) is 9.97. The maximum Gasteiger partial charge on any atom is 0.252 e. The predicted molar refractivity (Wildman–Crippen MR) is 120 cm³/mol. The maximum absolute atomic E-state index is 13.3. The van der Waals surface area contributed by atoms with Gasteiger partial charge in [-0.25, -0.2) is 12.8 Å². The van der Waals surface area contributed by atoms with Crippen molar-refractivity contribution in [3.8, 4) is 0 Å². The van der Waals surface area contributed by atoms with Crippen LogP contribution in [0.15, 0.2) is 40.6 Å². The lowest BCUT2D eigenvalue weighted by Gasteiger charge is -2.30. The van der Waals surface area contributed by atoms with E-state index in [1.165, 1.54) is 23.5 Å². The minimum atomic E-state index is -3.46. The molecule has 0 unspecified atom stereocenters.